The Morgan fingerprint density at radius 1 is 1.42 bits per heavy atom. The number of anilines is 1. The maximum atomic E-state index is 12.1. The summed E-state index contributed by atoms with van der Waals surface area (Å²) in [5, 5.41) is 10.5. The van der Waals surface area contributed by atoms with Crippen molar-refractivity contribution in [3.8, 4) is 0 Å². The molecular weight excluding hydrogens is 262 g/mol. The van der Waals surface area contributed by atoms with E-state index in [0.717, 1.165) is 16.9 Å². The topological polar surface area (TPSA) is 57.8 Å². The van der Waals surface area contributed by atoms with E-state index in [1.807, 2.05) is 19.1 Å². The van der Waals surface area contributed by atoms with Gasteiger partial charge < -0.3 is 5.32 Å². The molecular formula is C14H14ClN3O. The first kappa shape index (κ1) is 12.2. The third kappa shape index (κ3) is 2.63. The number of amides is 1. The fourth-order valence-electron chi connectivity index (χ4n) is 2.01. The van der Waals surface area contributed by atoms with Gasteiger partial charge in [0.2, 0.25) is 0 Å². The smallest absolute Gasteiger partial charge is 0.276 e. The number of aromatic amines is 1. The summed E-state index contributed by atoms with van der Waals surface area (Å²) in [4.78, 5) is 12.1. The van der Waals surface area contributed by atoms with Crippen LogP contribution in [0, 0.1) is 6.92 Å². The van der Waals surface area contributed by atoms with Crippen molar-refractivity contribution in [1.29, 1.82) is 0 Å². The van der Waals surface area contributed by atoms with Crippen LogP contribution in [0.2, 0.25) is 5.02 Å². The van der Waals surface area contributed by atoms with Crippen molar-refractivity contribution >= 4 is 23.2 Å². The Morgan fingerprint density at radius 2 is 2.21 bits per heavy atom. The third-order valence-corrected chi connectivity index (χ3v) is 3.52. The fourth-order valence-corrected chi connectivity index (χ4v) is 2.24. The molecule has 4 nitrogen and oxygen atoms in total. The van der Waals surface area contributed by atoms with Gasteiger partial charge >= 0.3 is 0 Å². The standard InChI is InChI=1S/C14H14ClN3O/c1-8-6-10(15)4-5-11(8)16-14(19)13-7-12(17-18-13)9-2-3-9/h4-7,9H,2-3H2,1H3,(H,16,19)(H,17,18). The molecule has 1 saturated carbocycles. The van der Waals surface area contributed by atoms with Crippen LogP contribution in [-0.2, 0) is 0 Å². The molecule has 1 aromatic heterocycles. The summed E-state index contributed by atoms with van der Waals surface area (Å²) in [5.74, 6) is 0.361. The van der Waals surface area contributed by atoms with Gasteiger partial charge in [0, 0.05) is 22.3 Å². The van der Waals surface area contributed by atoms with Crippen molar-refractivity contribution < 1.29 is 4.79 Å². The molecule has 0 aliphatic heterocycles. The number of H-pyrrole nitrogens is 1. The predicted octanol–water partition coefficient (Wildman–Crippen LogP) is 3.50. The Balaban J connectivity index is 1.76. The zero-order valence-corrected chi connectivity index (χ0v) is 11.3. The Kier molecular flexibility index (Phi) is 3.03. The van der Waals surface area contributed by atoms with E-state index in [0.29, 0.717) is 16.6 Å². The molecule has 0 atom stereocenters. The van der Waals surface area contributed by atoms with E-state index in [4.69, 9.17) is 11.6 Å². The Bertz CT molecular complexity index is 631. The molecule has 1 aromatic carbocycles. The lowest BCUT2D eigenvalue weighted by molar-refractivity contribution is 0.102. The summed E-state index contributed by atoms with van der Waals surface area (Å²) in [6.45, 7) is 1.90. The van der Waals surface area contributed by atoms with Crippen molar-refractivity contribution in [2.45, 2.75) is 25.7 Å². The van der Waals surface area contributed by atoms with Gasteiger partial charge in [-0.25, -0.2) is 0 Å². The number of benzene rings is 1. The number of hydrogen-bond donors (Lipinski definition) is 2. The van der Waals surface area contributed by atoms with Gasteiger partial charge in [0.15, 0.2) is 5.69 Å². The highest BCUT2D eigenvalue weighted by molar-refractivity contribution is 6.30. The molecule has 98 valence electrons. The van der Waals surface area contributed by atoms with Gasteiger partial charge in [-0.05, 0) is 49.6 Å². The number of carbonyl (C=O) groups excluding carboxylic acids is 1. The fraction of sp³-hybridized carbons (Fsp3) is 0.286. The van der Waals surface area contributed by atoms with Gasteiger partial charge in [0.05, 0.1) is 0 Å². The monoisotopic (exact) mass is 275 g/mol. The molecule has 2 aromatic rings. The molecule has 1 aliphatic rings. The van der Waals surface area contributed by atoms with E-state index in [1.165, 1.54) is 12.8 Å². The van der Waals surface area contributed by atoms with Crippen molar-refractivity contribution in [3.05, 3.63) is 46.2 Å². The average Bonchev–Trinajstić information content (AvgIpc) is 3.10. The molecule has 2 N–H and O–H groups in total. The van der Waals surface area contributed by atoms with E-state index < -0.39 is 0 Å². The number of hydrogen-bond acceptors (Lipinski definition) is 2. The zero-order valence-electron chi connectivity index (χ0n) is 10.5. The molecule has 0 radical (unpaired) electrons. The summed E-state index contributed by atoms with van der Waals surface area (Å²) in [6, 6.07) is 7.20. The molecule has 1 aliphatic carbocycles. The lowest BCUT2D eigenvalue weighted by Crippen LogP contribution is -2.13. The number of rotatable bonds is 3. The van der Waals surface area contributed by atoms with Gasteiger partial charge in [-0.15, -0.1) is 0 Å². The highest BCUT2D eigenvalue weighted by Crippen LogP contribution is 2.39. The van der Waals surface area contributed by atoms with Crippen LogP contribution < -0.4 is 5.32 Å². The van der Waals surface area contributed by atoms with E-state index >= 15 is 0 Å². The SMILES string of the molecule is Cc1cc(Cl)ccc1NC(=O)c1cc(C2CC2)[nH]n1. The lowest BCUT2D eigenvalue weighted by Gasteiger charge is -2.06. The molecule has 0 bridgehead atoms. The van der Waals surface area contributed by atoms with Crippen LogP contribution in [0.15, 0.2) is 24.3 Å². The first-order valence-corrected chi connectivity index (χ1v) is 6.64. The van der Waals surface area contributed by atoms with Gasteiger partial charge in [0.25, 0.3) is 5.91 Å². The summed E-state index contributed by atoms with van der Waals surface area (Å²) >= 11 is 5.89. The van der Waals surface area contributed by atoms with Crippen LogP contribution in [0.4, 0.5) is 5.69 Å². The second-order valence-corrected chi connectivity index (χ2v) is 5.33. The van der Waals surface area contributed by atoms with E-state index in [9.17, 15) is 4.79 Å². The highest BCUT2D eigenvalue weighted by atomic mass is 35.5. The van der Waals surface area contributed by atoms with Crippen molar-refractivity contribution in [2.75, 3.05) is 5.32 Å². The first-order valence-electron chi connectivity index (χ1n) is 6.26. The summed E-state index contributed by atoms with van der Waals surface area (Å²) in [7, 11) is 0. The number of halogens is 1. The minimum absolute atomic E-state index is 0.200. The van der Waals surface area contributed by atoms with Crippen LogP contribution in [0.25, 0.3) is 0 Å². The zero-order chi connectivity index (χ0) is 13.4. The third-order valence-electron chi connectivity index (χ3n) is 3.28. The minimum atomic E-state index is -0.200. The van der Waals surface area contributed by atoms with Crippen LogP contribution in [0.5, 0.6) is 0 Å². The Hall–Kier alpha value is -1.81. The molecule has 19 heavy (non-hydrogen) atoms. The second kappa shape index (κ2) is 4.70. The normalized spacial score (nSPS) is 14.4. The van der Waals surface area contributed by atoms with Gasteiger partial charge in [0.1, 0.15) is 0 Å². The van der Waals surface area contributed by atoms with Crippen molar-refractivity contribution in [3.63, 3.8) is 0 Å². The molecule has 3 rings (SSSR count). The van der Waals surface area contributed by atoms with Crippen molar-refractivity contribution in [2.24, 2.45) is 0 Å². The predicted molar refractivity (Wildman–Crippen MR) is 74.7 cm³/mol. The van der Waals surface area contributed by atoms with E-state index in [-0.39, 0.29) is 5.91 Å². The van der Waals surface area contributed by atoms with Gasteiger partial charge in [-0.1, -0.05) is 11.6 Å². The highest BCUT2D eigenvalue weighted by Gasteiger charge is 2.26. The number of nitrogens with one attached hydrogen (secondary N) is 2. The Morgan fingerprint density at radius 3 is 2.89 bits per heavy atom. The van der Waals surface area contributed by atoms with Crippen LogP contribution in [0.1, 0.15) is 40.5 Å². The van der Waals surface area contributed by atoms with Crippen LogP contribution in [0.3, 0.4) is 0 Å². The van der Waals surface area contributed by atoms with E-state index in [1.54, 1.807) is 12.1 Å². The molecule has 1 heterocycles. The molecule has 0 unspecified atom stereocenters. The minimum Gasteiger partial charge on any atom is -0.320 e. The second-order valence-electron chi connectivity index (χ2n) is 4.90. The lowest BCUT2D eigenvalue weighted by atomic mass is 10.2. The summed E-state index contributed by atoms with van der Waals surface area (Å²) < 4.78 is 0. The molecule has 0 saturated heterocycles. The maximum Gasteiger partial charge on any atom is 0.276 e. The van der Waals surface area contributed by atoms with Crippen LogP contribution in [-0.4, -0.2) is 16.1 Å². The first-order chi connectivity index (χ1) is 9.13. The average molecular weight is 276 g/mol. The summed E-state index contributed by atoms with van der Waals surface area (Å²) in [6.07, 6.45) is 2.36. The van der Waals surface area contributed by atoms with Gasteiger partial charge in [-0.2, -0.15) is 5.10 Å². The maximum absolute atomic E-state index is 12.1. The molecule has 5 heteroatoms. The Labute approximate surface area is 116 Å². The largest absolute Gasteiger partial charge is 0.320 e. The number of aryl methyl sites for hydroxylation is 1. The quantitative estimate of drug-likeness (QED) is 0.901. The number of carbonyl (C=O) groups is 1. The number of aromatic nitrogens is 2. The van der Waals surface area contributed by atoms with Crippen molar-refractivity contribution in [1.82, 2.24) is 10.2 Å². The van der Waals surface area contributed by atoms with Gasteiger partial charge in [-0.3, -0.25) is 9.89 Å². The number of nitrogens with zero attached hydrogens (tertiary/aromatic N) is 1. The molecule has 0 spiro atoms. The molecule has 1 amide bonds. The van der Waals surface area contributed by atoms with E-state index in [2.05, 4.69) is 15.5 Å². The summed E-state index contributed by atoms with van der Waals surface area (Å²) in [5.41, 5.74) is 3.17. The van der Waals surface area contributed by atoms with Crippen LogP contribution >= 0.6 is 11.6 Å². The molecule has 1 fully saturated rings.